The van der Waals surface area contributed by atoms with Gasteiger partial charge in [0, 0.05) is 6.54 Å². The first-order valence-corrected chi connectivity index (χ1v) is 10.4. The van der Waals surface area contributed by atoms with Crippen LogP contribution in [0.2, 0.25) is 0 Å². The molecule has 0 radical (unpaired) electrons. The maximum atomic E-state index is 13.3. The zero-order chi connectivity index (χ0) is 25.6. The molecule has 2 aromatic carbocycles. The van der Waals surface area contributed by atoms with Gasteiger partial charge in [0.15, 0.2) is 5.96 Å². The van der Waals surface area contributed by atoms with Crippen LogP contribution < -0.4 is 32.9 Å². The minimum atomic E-state index is -4.49. The SMILES string of the molecule is COc1ccc(Cn2c(NCCN=C(N)N)nc(=O)n(Cc3ccc(C(F)(F)F)cc3)c2=O)cc1. The molecule has 35 heavy (non-hydrogen) atoms. The van der Waals surface area contributed by atoms with E-state index in [0.717, 1.165) is 22.3 Å². The molecule has 0 saturated carbocycles. The van der Waals surface area contributed by atoms with Crippen LogP contribution in [0.4, 0.5) is 19.1 Å². The highest BCUT2D eigenvalue weighted by molar-refractivity contribution is 5.75. The molecule has 10 nitrogen and oxygen atoms in total. The molecular formula is C22H24F3N7O3. The predicted octanol–water partition coefficient (Wildman–Crippen LogP) is 1.21. The van der Waals surface area contributed by atoms with E-state index in [0.29, 0.717) is 11.3 Å². The van der Waals surface area contributed by atoms with E-state index in [4.69, 9.17) is 16.2 Å². The molecule has 0 saturated heterocycles. The van der Waals surface area contributed by atoms with Gasteiger partial charge in [-0.1, -0.05) is 24.3 Å². The van der Waals surface area contributed by atoms with E-state index < -0.39 is 23.1 Å². The lowest BCUT2D eigenvalue weighted by Crippen LogP contribution is -2.43. The highest BCUT2D eigenvalue weighted by Gasteiger charge is 2.30. The van der Waals surface area contributed by atoms with Crippen LogP contribution in [-0.2, 0) is 19.3 Å². The van der Waals surface area contributed by atoms with E-state index in [1.165, 1.54) is 23.8 Å². The summed E-state index contributed by atoms with van der Waals surface area (Å²) in [4.78, 5) is 33.7. The molecular weight excluding hydrogens is 467 g/mol. The van der Waals surface area contributed by atoms with Crippen molar-refractivity contribution in [2.75, 3.05) is 25.5 Å². The second-order valence-electron chi connectivity index (χ2n) is 7.45. The molecule has 3 rings (SSSR count). The molecule has 0 unspecified atom stereocenters. The Labute approximate surface area is 197 Å². The molecule has 0 spiro atoms. The molecule has 0 aliphatic heterocycles. The maximum absolute atomic E-state index is 13.3. The van der Waals surface area contributed by atoms with Gasteiger partial charge in [-0.15, -0.1) is 0 Å². The van der Waals surface area contributed by atoms with E-state index in [1.54, 1.807) is 24.3 Å². The van der Waals surface area contributed by atoms with Gasteiger partial charge in [0.1, 0.15) is 5.75 Å². The summed E-state index contributed by atoms with van der Waals surface area (Å²) >= 11 is 0. The van der Waals surface area contributed by atoms with Crippen molar-refractivity contribution in [1.29, 1.82) is 0 Å². The molecule has 0 bridgehead atoms. The number of hydrogen-bond acceptors (Lipinski definition) is 6. The summed E-state index contributed by atoms with van der Waals surface area (Å²) in [7, 11) is 1.53. The first kappa shape index (κ1) is 25.3. The van der Waals surface area contributed by atoms with Gasteiger partial charge in [-0.3, -0.25) is 9.56 Å². The number of benzene rings is 2. The van der Waals surface area contributed by atoms with Crippen LogP contribution in [0.15, 0.2) is 63.1 Å². The van der Waals surface area contributed by atoms with Crippen LogP contribution in [0.5, 0.6) is 5.75 Å². The molecule has 186 valence electrons. The zero-order valence-electron chi connectivity index (χ0n) is 18.7. The van der Waals surface area contributed by atoms with Crippen molar-refractivity contribution in [3.05, 3.63) is 86.2 Å². The fourth-order valence-electron chi connectivity index (χ4n) is 3.19. The molecule has 0 atom stereocenters. The second-order valence-corrected chi connectivity index (χ2v) is 7.45. The van der Waals surface area contributed by atoms with Gasteiger partial charge in [-0.25, -0.2) is 14.2 Å². The third-order valence-corrected chi connectivity index (χ3v) is 4.96. The van der Waals surface area contributed by atoms with Crippen LogP contribution >= 0.6 is 0 Å². The van der Waals surface area contributed by atoms with Gasteiger partial charge in [-0.2, -0.15) is 18.2 Å². The number of guanidine groups is 1. The molecule has 1 heterocycles. The third kappa shape index (κ3) is 6.62. The molecule has 13 heteroatoms. The van der Waals surface area contributed by atoms with Crippen molar-refractivity contribution in [3.8, 4) is 5.75 Å². The van der Waals surface area contributed by atoms with Gasteiger partial charge in [-0.05, 0) is 35.4 Å². The Hall–Kier alpha value is -4.29. The fourth-order valence-corrected chi connectivity index (χ4v) is 3.19. The fraction of sp³-hybridized carbons (Fsp3) is 0.273. The Morgan fingerprint density at radius 3 is 2.11 bits per heavy atom. The number of nitrogens with zero attached hydrogens (tertiary/aromatic N) is 4. The summed E-state index contributed by atoms with van der Waals surface area (Å²) in [5.41, 5.74) is 9.30. The Kier molecular flexibility index (Phi) is 7.79. The van der Waals surface area contributed by atoms with Gasteiger partial charge >= 0.3 is 17.6 Å². The Morgan fingerprint density at radius 1 is 1.00 bits per heavy atom. The number of aliphatic imine (C=N–C) groups is 1. The lowest BCUT2D eigenvalue weighted by Gasteiger charge is -2.16. The van der Waals surface area contributed by atoms with Crippen molar-refractivity contribution >= 4 is 11.9 Å². The molecule has 0 fully saturated rings. The van der Waals surface area contributed by atoms with Crippen molar-refractivity contribution in [2.45, 2.75) is 19.3 Å². The van der Waals surface area contributed by atoms with Crippen molar-refractivity contribution in [2.24, 2.45) is 16.5 Å². The van der Waals surface area contributed by atoms with Crippen LogP contribution in [-0.4, -0.2) is 40.3 Å². The summed E-state index contributed by atoms with van der Waals surface area (Å²) in [5.74, 6) is 0.523. The zero-order valence-corrected chi connectivity index (χ0v) is 18.7. The van der Waals surface area contributed by atoms with Gasteiger partial charge in [0.2, 0.25) is 5.95 Å². The minimum absolute atomic E-state index is 0.00489. The van der Waals surface area contributed by atoms with Crippen LogP contribution in [0.1, 0.15) is 16.7 Å². The molecule has 0 aliphatic rings. The summed E-state index contributed by atoms with van der Waals surface area (Å²) in [6.45, 7) is 0.179. The number of nitrogens with one attached hydrogen (secondary N) is 1. The highest BCUT2D eigenvalue weighted by atomic mass is 19.4. The van der Waals surface area contributed by atoms with Crippen molar-refractivity contribution < 1.29 is 17.9 Å². The van der Waals surface area contributed by atoms with E-state index in [9.17, 15) is 22.8 Å². The smallest absolute Gasteiger partial charge is 0.416 e. The second kappa shape index (κ2) is 10.8. The minimum Gasteiger partial charge on any atom is -0.497 e. The van der Waals surface area contributed by atoms with E-state index in [-0.39, 0.29) is 38.1 Å². The Balaban J connectivity index is 1.96. The van der Waals surface area contributed by atoms with E-state index in [1.807, 2.05) is 0 Å². The predicted molar refractivity (Wildman–Crippen MR) is 125 cm³/mol. The van der Waals surface area contributed by atoms with Crippen molar-refractivity contribution in [1.82, 2.24) is 14.1 Å². The monoisotopic (exact) mass is 491 g/mol. The normalized spacial score (nSPS) is 11.2. The largest absolute Gasteiger partial charge is 0.497 e. The number of anilines is 1. The topological polar surface area (TPSA) is 143 Å². The van der Waals surface area contributed by atoms with Gasteiger partial charge < -0.3 is 21.5 Å². The first-order chi connectivity index (χ1) is 16.6. The van der Waals surface area contributed by atoms with Crippen LogP contribution in [0.25, 0.3) is 0 Å². The molecule has 5 N–H and O–H groups in total. The molecule has 1 aromatic heterocycles. The number of halogens is 3. The molecule has 0 amide bonds. The number of methoxy groups -OCH3 is 1. The van der Waals surface area contributed by atoms with E-state index >= 15 is 0 Å². The summed E-state index contributed by atoms with van der Waals surface area (Å²) < 4.78 is 45.8. The summed E-state index contributed by atoms with van der Waals surface area (Å²) in [6, 6.07) is 11.1. The Morgan fingerprint density at radius 2 is 1.57 bits per heavy atom. The molecule has 3 aromatic rings. The Bertz CT molecular complexity index is 1290. The van der Waals surface area contributed by atoms with Crippen LogP contribution in [0, 0.1) is 0 Å². The maximum Gasteiger partial charge on any atom is 0.416 e. The average Bonchev–Trinajstić information content (AvgIpc) is 2.81. The quantitative estimate of drug-likeness (QED) is 0.232. The van der Waals surface area contributed by atoms with Crippen LogP contribution in [0.3, 0.4) is 0 Å². The number of rotatable bonds is 9. The van der Waals surface area contributed by atoms with Gasteiger partial charge in [0.05, 0.1) is 32.3 Å². The number of aromatic nitrogens is 3. The number of hydrogen-bond donors (Lipinski definition) is 3. The molecule has 0 aliphatic carbocycles. The highest BCUT2D eigenvalue weighted by Crippen LogP contribution is 2.29. The summed E-state index contributed by atoms with van der Waals surface area (Å²) in [6.07, 6.45) is -4.49. The van der Waals surface area contributed by atoms with Gasteiger partial charge in [0.25, 0.3) is 0 Å². The number of ether oxygens (including phenoxy) is 1. The average molecular weight is 491 g/mol. The lowest BCUT2D eigenvalue weighted by molar-refractivity contribution is -0.137. The first-order valence-electron chi connectivity index (χ1n) is 10.4. The third-order valence-electron chi connectivity index (χ3n) is 4.96. The standard InChI is InChI=1S/C22H24F3N7O3/c1-35-17-8-4-15(5-9-17)12-31-19(29-11-10-28-18(26)27)30-20(33)32(21(31)34)13-14-2-6-16(7-3-14)22(23,24)25/h2-9H,10-13H2,1H3,(H4,26,27,28)(H,29,30,33). The lowest BCUT2D eigenvalue weighted by atomic mass is 10.1. The number of alkyl halides is 3. The number of nitrogens with two attached hydrogens (primary N) is 2. The van der Waals surface area contributed by atoms with Crippen molar-refractivity contribution in [3.63, 3.8) is 0 Å². The summed E-state index contributed by atoms with van der Waals surface area (Å²) in [5, 5.41) is 2.88. The van der Waals surface area contributed by atoms with E-state index in [2.05, 4.69) is 15.3 Å².